The van der Waals surface area contributed by atoms with Gasteiger partial charge in [0, 0.05) is 11.3 Å². The second-order valence-electron chi connectivity index (χ2n) is 4.05. The number of aromatic nitrogens is 2. The third-order valence-corrected chi connectivity index (χ3v) is 3.15. The van der Waals surface area contributed by atoms with Crippen LogP contribution in [0.2, 0.25) is 0 Å². The van der Waals surface area contributed by atoms with Crippen LogP contribution in [0.1, 0.15) is 23.7 Å². The molecule has 1 heterocycles. The van der Waals surface area contributed by atoms with Gasteiger partial charge in [0.2, 0.25) is 0 Å². The molecule has 0 atom stereocenters. The predicted molar refractivity (Wildman–Crippen MR) is 73.7 cm³/mol. The van der Waals surface area contributed by atoms with Crippen LogP contribution in [-0.2, 0) is 6.42 Å². The molecule has 0 spiro atoms. The summed E-state index contributed by atoms with van der Waals surface area (Å²) < 4.78 is 0.350. The first-order chi connectivity index (χ1) is 8.65. The van der Waals surface area contributed by atoms with E-state index in [-0.39, 0.29) is 0 Å². The summed E-state index contributed by atoms with van der Waals surface area (Å²) in [6.45, 7) is 3.95. The molecular formula is C14H13N3S. The Kier molecular flexibility index (Phi) is 3.54. The van der Waals surface area contributed by atoms with Crippen molar-refractivity contribution in [1.29, 1.82) is 5.26 Å². The predicted octanol–water partition coefficient (Wildman–Crippen LogP) is 3.55. The molecule has 0 unspecified atom stereocenters. The average Bonchev–Trinajstić information content (AvgIpc) is 2.38. The van der Waals surface area contributed by atoms with Crippen molar-refractivity contribution in [2.45, 2.75) is 20.3 Å². The molecule has 0 saturated carbocycles. The van der Waals surface area contributed by atoms with Crippen LogP contribution in [0.3, 0.4) is 0 Å². The molecular weight excluding hydrogens is 242 g/mol. The van der Waals surface area contributed by atoms with Gasteiger partial charge < -0.3 is 4.98 Å². The van der Waals surface area contributed by atoms with Crippen molar-refractivity contribution in [1.82, 2.24) is 9.97 Å². The standard InChI is InChI=1S/C14H13N3S/c1-3-10-4-6-11(7-5-10)13-16-9(2)12(8-15)14(18)17-13/h4-7H,3H2,1-2H3,(H,16,17,18). The quantitative estimate of drug-likeness (QED) is 0.835. The molecule has 18 heavy (non-hydrogen) atoms. The van der Waals surface area contributed by atoms with Crippen molar-refractivity contribution in [3.8, 4) is 17.5 Å². The Labute approximate surface area is 111 Å². The van der Waals surface area contributed by atoms with Gasteiger partial charge >= 0.3 is 0 Å². The van der Waals surface area contributed by atoms with Gasteiger partial charge in [-0.15, -0.1) is 0 Å². The zero-order valence-corrected chi connectivity index (χ0v) is 11.1. The Morgan fingerprint density at radius 3 is 2.50 bits per heavy atom. The number of hydrogen-bond acceptors (Lipinski definition) is 3. The largest absolute Gasteiger partial charge is 0.342 e. The van der Waals surface area contributed by atoms with E-state index in [0.717, 1.165) is 17.7 Å². The fraction of sp³-hybridized carbons (Fsp3) is 0.214. The molecule has 1 N–H and O–H groups in total. The monoisotopic (exact) mass is 255 g/mol. The molecule has 0 bridgehead atoms. The molecule has 2 rings (SSSR count). The number of benzene rings is 1. The van der Waals surface area contributed by atoms with Gasteiger partial charge in [0.05, 0.1) is 0 Å². The smallest absolute Gasteiger partial charge is 0.148 e. The second kappa shape index (κ2) is 5.11. The molecule has 0 aliphatic heterocycles. The minimum Gasteiger partial charge on any atom is -0.342 e. The number of nitriles is 1. The number of rotatable bonds is 2. The lowest BCUT2D eigenvalue weighted by Gasteiger charge is -2.05. The van der Waals surface area contributed by atoms with Crippen molar-refractivity contribution in [2.75, 3.05) is 0 Å². The molecule has 3 nitrogen and oxygen atoms in total. The number of aryl methyl sites for hydroxylation is 2. The highest BCUT2D eigenvalue weighted by Crippen LogP contribution is 2.17. The molecule has 0 aliphatic carbocycles. The Hall–Kier alpha value is -1.99. The third kappa shape index (κ3) is 2.31. The van der Waals surface area contributed by atoms with Crippen LogP contribution in [0, 0.1) is 22.9 Å². The van der Waals surface area contributed by atoms with E-state index in [9.17, 15) is 0 Å². The summed E-state index contributed by atoms with van der Waals surface area (Å²) in [5.41, 5.74) is 3.46. The SMILES string of the molecule is CCc1ccc(-c2nc(=S)c(C#N)c(C)[nH]2)cc1. The first-order valence-corrected chi connectivity index (χ1v) is 6.17. The number of H-pyrrole nitrogens is 1. The van der Waals surface area contributed by atoms with Gasteiger partial charge in [0.15, 0.2) is 0 Å². The fourth-order valence-electron chi connectivity index (χ4n) is 1.75. The highest BCUT2D eigenvalue weighted by Gasteiger charge is 2.06. The van der Waals surface area contributed by atoms with E-state index in [0.29, 0.717) is 16.0 Å². The summed E-state index contributed by atoms with van der Waals surface area (Å²) in [4.78, 5) is 7.39. The topological polar surface area (TPSA) is 52.5 Å². The average molecular weight is 255 g/mol. The lowest BCUT2D eigenvalue weighted by molar-refractivity contribution is 1.08. The van der Waals surface area contributed by atoms with Gasteiger partial charge in [-0.3, -0.25) is 0 Å². The van der Waals surface area contributed by atoms with Crippen molar-refractivity contribution in [3.05, 3.63) is 45.7 Å². The van der Waals surface area contributed by atoms with Crippen molar-refractivity contribution < 1.29 is 0 Å². The van der Waals surface area contributed by atoms with E-state index in [2.05, 4.69) is 35.1 Å². The summed E-state index contributed by atoms with van der Waals surface area (Å²) in [6.07, 6.45) is 1.01. The molecule has 4 heteroatoms. The fourth-order valence-corrected chi connectivity index (χ4v) is 2.04. The lowest BCUT2D eigenvalue weighted by atomic mass is 10.1. The van der Waals surface area contributed by atoms with Crippen LogP contribution in [0.15, 0.2) is 24.3 Å². The van der Waals surface area contributed by atoms with E-state index in [1.807, 2.05) is 19.1 Å². The van der Waals surface area contributed by atoms with Gasteiger partial charge in [0.1, 0.15) is 22.1 Å². The summed E-state index contributed by atoms with van der Waals surface area (Å²) >= 11 is 5.12. The first-order valence-electron chi connectivity index (χ1n) is 5.76. The molecule has 0 aliphatic rings. The minimum absolute atomic E-state index is 0.350. The number of aromatic amines is 1. The molecule has 1 aromatic heterocycles. The summed E-state index contributed by atoms with van der Waals surface area (Å²) in [5.74, 6) is 0.708. The normalized spacial score (nSPS) is 10.1. The van der Waals surface area contributed by atoms with E-state index < -0.39 is 0 Å². The molecule has 90 valence electrons. The van der Waals surface area contributed by atoms with Crippen molar-refractivity contribution >= 4 is 12.2 Å². The third-order valence-electron chi connectivity index (χ3n) is 2.86. The Bertz CT molecular complexity index is 663. The maximum absolute atomic E-state index is 8.95. The van der Waals surface area contributed by atoms with Crippen LogP contribution in [-0.4, -0.2) is 9.97 Å². The molecule has 0 fully saturated rings. The Balaban J connectivity index is 2.52. The van der Waals surface area contributed by atoms with Crippen molar-refractivity contribution in [2.24, 2.45) is 0 Å². The first kappa shape index (κ1) is 12.5. The van der Waals surface area contributed by atoms with E-state index in [1.54, 1.807) is 0 Å². The lowest BCUT2D eigenvalue weighted by Crippen LogP contribution is -1.97. The van der Waals surface area contributed by atoms with Gasteiger partial charge in [-0.2, -0.15) is 5.26 Å². The van der Waals surface area contributed by atoms with Crippen LogP contribution in [0.25, 0.3) is 11.4 Å². The second-order valence-corrected chi connectivity index (χ2v) is 4.44. The molecule has 1 aromatic carbocycles. The summed E-state index contributed by atoms with van der Waals surface area (Å²) in [5, 5.41) is 8.95. The molecule has 0 saturated heterocycles. The van der Waals surface area contributed by atoms with Gasteiger partial charge in [-0.25, -0.2) is 4.98 Å². The Morgan fingerprint density at radius 1 is 1.33 bits per heavy atom. The van der Waals surface area contributed by atoms with Crippen LogP contribution in [0.5, 0.6) is 0 Å². The van der Waals surface area contributed by atoms with Crippen LogP contribution < -0.4 is 0 Å². The number of nitrogens with one attached hydrogen (secondary N) is 1. The van der Waals surface area contributed by atoms with Gasteiger partial charge in [0.25, 0.3) is 0 Å². The number of hydrogen-bond donors (Lipinski definition) is 1. The summed E-state index contributed by atoms with van der Waals surface area (Å²) in [7, 11) is 0. The summed E-state index contributed by atoms with van der Waals surface area (Å²) in [6, 6.07) is 10.2. The maximum atomic E-state index is 8.95. The van der Waals surface area contributed by atoms with E-state index >= 15 is 0 Å². The molecule has 0 radical (unpaired) electrons. The van der Waals surface area contributed by atoms with Crippen LogP contribution >= 0.6 is 12.2 Å². The van der Waals surface area contributed by atoms with Gasteiger partial charge in [-0.05, 0) is 18.9 Å². The zero-order valence-electron chi connectivity index (χ0n) is 10.3. The van der Waals surface area contributed by atoms with Gasteiger partial charge in [-0.1, -0.05) is 43.4 Å². The molecule has 2 aromatic rings. The maximum Gasteiger partial charge on any atom is 0.148 e. The number of nitrogens with zero attached hydrogens (tertiary/aromatic N) is 2. The zero-order chi connectivity index (χ0) is 13.1. The molecule has 0 amide bonds. The van der Waals surface area contributed by atoms with E-state index in [4.69, 9.17) is 17.5 Å². The van der Waals surface area contributed by atoms with Crippen LogP contribution in [0.4, 0.5) is 0 Å². The minimum atomic E-state index is 0.350. The highest BCUT2D eigenvalue weighted by atomic mass is 32.1. The highest BCUT2D eigenvalue weighted by molar-refractivity contribution is 7.71. The Morgan fingerprint density at radius 2 is 2.00 bits per heavy atom. The van der Waals surface area contributed by atoms with Crippen molar-refractivity contribution in [3.63, 3.8) is 0 Å². The van der Waals surface area contributed by atoms with E-state index in [1.165, 1.54) is 5.56 Å².